The Morgan fingerprint density at radius 3 is 2.11 bits per heavy atom. The van der Waals surface area contributed by atoms with E-state index in [1.54, 1.807) is 43.3 Å². The molecular formula is C27H27NO8. The number of aryl methyl sites for hydroxylation is 1. The van der Waals surface area contributed by atoms with E-state index in [1.165, 1.54) is 33.3 Å². The van der Waals surface area contributed by atoms with Gasteiger partial charge in [0.1, 0.15) is 0 Å². The number of aromatic nitrogens is 1. The van der Waals surface area contributed by atoms with Crippen LogP contribution < -0.4 is 9.47 Å². The van der Waals surface area contributed by atoms with Crippen LogP contribution in [0.15, 0.2) is 48.5 Å². The van der Waals surface area contributed by atoms with Crippen molar-refractivity contribution in [2.24, 2.45) is 0 Å². The van der Waals surface area contributed by atoms with E-state index < -0.39 is 25.2 Å². The minimum atomic E-state index is -0.728. The Hall–Kier alpha value is -4.40. The first-order valence-corrected chi connectivity index (χ1v) is 11.0. The molecule has 0 amide bonds. The van der Waals surface area contributed by atoms with Crippen LogP contribution in [0.2, 0.25) is 0 Å². The number of benzene rings is 2. The van der Waals surface area contributed by atoms with Crippen molar-refractivity contribution in [2.45, 2.75) is 20.8 Å². The first-order valence-electron chi connectivity index (χ1n) is 11.0. The third kappa shape index (κ3) is 5.80. The molecule has 0 atom stereocenters. The Morgan fingerprint density at radius 1 is 0.833 bits per heavy atom. The molecule has 0 aliphatic rings. The fourth-order valence-corrected chi connectivity index (χ4v) is 3.71. The molecule has 0 unspecified atom stereocenters. The molecule has 0 aliphatic carbocycles. The van der Waals surface area contributed by atoms with E-state index in [9.17, 15) is 19.2 Å². The fourth-order valence-electron chi connectivity index (χ4n) is 3.71. The number of methoxy groups -OCH3 is 2. The van der Waals surface area contributed by atoms with Gasteiger partial charge in [0.05, 0.1) is 19.8 Å². The lowest BCUT2D eigenvalue weighted by Gasteiger charge is -2.12. The van der Waals surface area contributed by atoms with Crippen molar-refractivity contribution in [2.75, 3.05) is 27.4 Å². The van der Waals surface area contributed by atoms with Crippen LogP contribution in [-0.2, 0) is 14.3 Å². The van der Waals surface area contributed by atoms with Crippen molar-refractivity contribution in [3.8, 4) is 17.2 Å². The number of hydrogen-bond acceptors (Lipinski definition) is 8. The van der Waals surface area contributed by atoms with Gasteiger partial charge in [-0.1, -0.05) is 0 Å². The predicted octanol–water partition coefficient (Wildman–Crippen LogP) is 3.90. The maximum Gasteiger partial charge on any atom is 0.344 e. The van der Waals surface area contributed by atoms with E-state index in [1.807, 2.05) is 11.5 Å². The molecule has 0 N–H and O–H groups in total. The Kier molecular flexibility index (Phi) is 8.26. The average Bonchev–Trinajstić information content (AvgIpc) is 3.18. The second kappa shape index (κ2) is 11.4. The lowest BCUT2D eigenvalue weighted by molar-refractivity contribution is -0.144. The van der Waals surface area contributed by atoms with E-state index in [2.05, 4.69) is 0 Å². The first-order chi connectivity index (χ1) is 17.2. The zero-order valence-electron chi connectivity index (χ0n) is 20.7. The summed E-state index contributed by atoms with van der Waals surface area (Å²) in [4.78, 5) is 48.1. The maximum absolute atomic E-state index is 12.8. The van der Waals surface area contributed by atoms with Gasteiger partial charge in [0.2, 0.25) is 5.78 Å². The summed E-state index contributed by atoms with van der Waals surface area (Å²) in [7, 11) is 2.74. The number of hydrogen-bond donors (Lipinski definition) is 0. The van der Waals surface area contributed by atoms with E-state index >= 15 is 0 Å². The summed E-state index contributed by atoms with van der Waals surface area (Å²) in [6.07, 6.45) is 0. The summed E-state index contributed by atoms with van der Waals surface area (Å²) < 4.78 is 22.3. The molecule has 0 saturated carbocycles. The molecule has 0 aliphatic heterocycles. The summed E-state index contributed by atoms with van der Waals surface area (Å²) in [5.41, 5.74) is 3.53. The monoisotopic (exact) mass is 493 g/mol. The van der Waals surface area contributed by atoms with Crippen molar-refractivity contribution < 1.29 is 38.1 Å². The van der Waals surface area contributed by atoms with Gasteiger partial charge in [0.15, 0.2) is 30.5 Å². The molecule has 0 bridgehead atoms. The summed E-state index contributed by atoms with van der Waals surface area (Å²) in [6.45, 7) is 4.18. The summed E-state index contributed by atoms with van der Waals surface area (Å²) in [5, 5.41) is 0. The van der Waals surface area contributed by atoms with Crippen LogP contribution >= 0.6 is 0 Å². The number of carbonyl (C=O) groups excluding carboxylic acids is 4. The highest BCUT2D eigenvalue weighted by molar-refractivity contribution is 5.99. The van der Waals surface area contributed by atoms with Crippen molar-refractivity contribution in [1.29, 1.82) is 0 Å². The van der Waals surface area contributed by atoms with Crippen molar-refractivity contribution in [3.63, 3.8) is 0 Å². The van der Waals surface area contributed by atoms with Crippen molar-refractivity contribution in [1.82, 2.24) is 4.57 Å². The number of esters is 2. The van der Waals surface area contributed by atoms with Crippen LogP contribution in [-0.4, -0.2) is 55.5 Å². The number of Topliss-reactive ketones (excluding diaryl/α,β-unsaturated/α-hetero) is 2. The summed E-state index contributed by atoms with van der Waals surface area (Å²) in [5.74, 6) is -1.08. The molecule has 2 aromatic carbocycles. The lowest BCUT2D eigenvalue weighted by atomic mass is 10.1. The third-order valence-electron chi connectivity index (χ3n) is 5.56. The number of ether oxygens (including phenoxy) is 4. The normalized spacial score (nSPS) is 10.5. The Morgan fingerprint density at radius 2 is 1.50 bits per heavy atom. The largest absolute Gasteiger partial charge is 0.493 e. The molecule has 9 nitrogen and oxygen atoms in total. The minimum absolute atomic E-state index is 0.129. The molecule has 1 aromatic heterocycles. The molecule has 3 aromatic rings. The highest BCUT2D eigenvalue weighted by Gasteiger charge is 2.19. The van der Waals surface area contributed by atoms with Gasteiger partial charge in [-0.05, 0) is 69.3 Å². The maximum atomic E-state index is 12.8. The molecule has 0 fully saturated rings. The van der Waals surface area contributed by atoms with E-state index in [0.717, 1.165) is 11.4 Å². The number of ketones is 2. The Balaban J connectivity index is 1.63. The zero-order valence-corrected chi connectivity index (χ0v) is 20.7. The van der Waals surface area contributed by atoms with Gasteiger partial charge in [0.25, 0.3) is 0 Å². The van der Waals surface area contributed by atoms with Gasteiger partial charge < -0.3 is 23.5 Å². The van der Waals surface area contributed by atoms with E-state index in [4.69, 9.17) is 18.9 Å². The fraction of sp³-hybridized carbons (Fsp3) is 0.259. The standard InChI is InChI=1S/C27H27NO8/c1-16-12-22(17(2)28(16)21-9-6-19(7-10-21)27(32)34-5)23(30)14-36-26(31)15-35-24-11-8-20(18(3)29)13-25(24)33-4/h6-13H,14-15H2,1-5H3. The first kappa shape index (κ1) is 26.2. The van der Waals surface area contributed by atoms with Gasteiger partial charge in [-0.15, -0.1) is 0 Å². The molecule has 0 spiro atoms. The van der Waals surface area contributed by atoms with Crippen LogP contribution in [0, 0.1) is 13.8 Å². The van der Waals surface area contributed by atoms with Gasteiger partial charge in [-0.25, -0.2) is 9.59 Å². The smallest absolute Gasteiger partial charge is 0.344 e. The molecule has 9 heteroatoms. The molecular weight excluding hydrogens is 466 g/mol. The van der Waals surface area contributed by atoms with Crippen LogP contribution in [0.3, 0.4) is 0 Å². The topological polar surface area (TPSA) is 110 Å². The lowest BCUT2D eigenvalue weighted by Crippen LogP contribution is -2.20. The highest BCUT2D eigenvalue weighted by Crippen LogP contribution is 2.28. The minimum Gasteiger partial charge on any atom is -0.493 e. The predicted molar refractivity (Wildman–Crippen MR) is 130 cm³/mol. The second-order valence-electron chi connectivity index (χ2n) is 7.95. The van der Waals surface area contributed by atoms with Crippen LogP contribution in [0.5, 0.6) is 11.5 Å². The number of rotatable bonds is 10. The summed E-state index contributed by atoms with van der Waals surface area (Å²) >= 11 is 0. The molecule has 1 heterocycles. The highest BCUT2D eigenvalue weighted by atomic mass is 16.6. The Labute approximate surface area is 208 Å². The van der Waals surface area contributed by atoms with Crippen molar-refractivity contribution >= 4 is 23.5 Å². The Bertz CT molecular complexity index is 1300. The number of carbonyl (C=O) groups is 4. The molecule has 0 saturated heterocycles. The second-order valence-corrected chi connectivity index (χ2v) is 7.95. The molecule has 36 heavy (non-hydrogen) atoms. The average molecular weight is 494 g/mol. The SMILES string of the molecule is COC(=O)c1ccc(-n2c(C)cc(C(=O)COC(=O)COc3ccc(C(C)=O)cc3OC)c2C)cc1. The van der Waals surface area contributed by atoms with Gasteiger partial charge in [-0.3, -0.25) is 9.59 Å². The third-order valence-corrected chi connectivity index (χ3v) is 5.56. The van der Waals surface area contributed by atoms with Crippen LogP contribution in [0.4, 0.5) is 0 Å². The van der Waals surface area contributed by atoms with Crippen LogP contribution in [0.25, 0.3) is 5.69 Å². The van der Waals surface area contributed by atoms with Gasteiger partial charge in [-0.2, -0.15) is 0 Å². The van der Waals surface area contributed by atoms with E-state index in [0.29, 0.717) is 28.1 Å². The molecule has 0 radical (unpaired) electrons. The van der Waals surface area contributed by atoms with Crippen molar-refractivity contribution in [3.05, 3.63) is 76.6 Å². The quantitative estimate of drug-likeness (QED) is 0.309. The van der Waals surface area contributed by atoms with E-state index in [-0.39, 0.29) is 17.3 Å². The summed E-state index contributed by atoms with van der Waals surface area (Å²) in [6, 6.07) is 13.1. The number of nitrogens with zero attached hydrogens (tertiary/aromatic N) is 1. The molecule has 188 valence electrons. The van der Waals surface area contributed by atoms with Gasteiger partial charge >= 0.3 is 11.9 Å². The van der Waals surface area contributed by atoms with Gasteiger partial charge in [0, 0.05) is 28.2 Å². The van der Waals surface area contributed by atoms with Crippen LogP contribution in [0.1, 0.15) is 49.4 Å². The zero-order chi connectivity index (χ0) is 26.4. The molecule has 3 rings (SSSR count).